The summed E-state index contributed by atoms with van der Waals surface area (Å²) in [6.45, 7) is 1.60. The van der Waals surface area contributed by atoms with Crippen LogP contribution in [-0.4, -0.2) is 11.1 Å². The molecule has 0 aliphatic rings. The Morgan fingerprint density at radius 1 is 1.54 bits per heavy atom. The van der Waals surface area contributed by atoms with Gasteiger partial charge in [-0.05, 0) is 0 Å². The molecule has 0 heterocycles. The van der Waals surface area contributed by atoms with Crippen LogP contribution in [0, 0.1) is 6.07 Å². The Bertz CT molecular complexity index is 226. The first-order valence-electron chi connectivity index (χ1n) is 3.60. The summed E-state index contributed by atoms with van der Waals surface area (Å²) >= 11 is 0. The quantitative estimate of drug-likeness (QED) is 0.323. The van der Waals surface area contributed by atoms with E-state index >= 15 is 0 Å². The summed E-state index contributed by atoms with van der Waals surface area (Å²) in [6, 6.07) is 10.0. The van der Waals surface area contributed by atoms with E-state index in [4.69, 9.17) is 10.8 Å². The molecule has 3 N–H and O–H groups in total. The van der Waals surface area contributed by atoms with E-state index < -0.39 is 5.97 Å². The molecule has 0 aliphatic carbocycles. The van der Waals surface area contributed by atoms with Gasteiger partial charge >= 0.3 is 35.5 Å². The number of carbonyl (C=O) groups is 1. The molecule has 0 fully saturated rings. The van der Waals surface area contributed by atoms with Crippen molar-refractivity contribution in [3.63, 3.8) is 0 Å². The van der Waals surface area contributed by atoms with Crippen LogP contribution in [-0.2, 0) is 4.79 Å². The van der Waals surface area contributed by atoms with Crippen LogP contribution in [0.15, 0.2) is 24.3 Å². The Hall–Kier alpha value is -0.510. The molecule has 66 valence electrons. The van der Waals surface area contributed by atoms with E-state index in [1.807, 2.05) is 0 Å². The van der Waals surface area contributed by atoms with Gasteiger partial charge in [0.25, 0.3) is 0 Å². The number of hydrogen-bond acceptors (Lipinski definition) is 2. The summed E-state index contributed by atoms with van der Waals surface area (Å²) in [5.74, 6) is -0.745. The normalized spacial score (nSPS) is 7.46. The molecule has 0 radical (unpaired) electrons. The Kier molecular flexibility index (Phi) is 11.0. The van der Waals surface area contributed by atoms with E-state index in [1.165, 1.54) is 0 Å². The number of nitrogens with two attached hydrogens (primary N) is 1. The van der Waals surface area contributed by atoms with Gasteiger partial charge in [-0.1, -0.05) is 12.6 Å². The third-order valence-electron chi connectivity index (χ3n) is 1.05. The van der Waals surface area contributed by atoms with Crippen molar-refractivity contribution in [1.29, 1.82) is 0 Å². The first-order chi connectivity index (χ1) is 5.66. The molecule has 0 atom stereocenters. The van der Waals surface area contributed by atoms with Crippen LogP contribution < -0.4 is 35.3 Å². The third kappa shape index (κ3) is 11.5. The molecule has 3 nitrogen and oxygen atoms in total. The first-order valence-corrected chi connectivity index (χ1v) is 3.60. The summed E-state index contributed by atoms with van der Waals surface area (Å²) in [5.41, 5.74) is 6.13. The maximum absolute atomic E-state index is 9.37. The van der Waals surface area contributed by atoms with E-state index in [-0.39, 0.29) is 36.0 Å². The number of benzene rings is 1. The second-order valence-electron chi connectivity index (χ2n) is 2.08. The number of rotatable bonds is 1. The van der Waals surface area contributed by atoms with Crippen molar-refractivity contribution in [2.24, 2.45) is 0 Å². The van der Waals surface area contributed by atoms with Crippen molar-refractivity contribution in [2.75, 3.05) is 5.73 Å². The summed E-state index contributed by atoms with van der Waals surface area (Å²) in [4.78, 5) is 9.37. The van der Waals surface area contributed by atoms with Gasteiger partial charge in [-0.2, -0.15) is 18.2 Å². The number of carboxylic acids is 1. The summed E-state index contributed by atoms with van der Waals surface area (Å²) in [6.07, 6.45) is 0.222. The van der Waals surface area contributed by atoms with Crippen molar-refractivity contribution in [1.82, 2.24) is 0 Å². The fraction of sp³-hybridized carbons (Fsp3) is 0.222. The predicted molar refractivity (Wildman–Crippen MR) is 47.6 cm³/mol. The van der Waals surface area contributed by atoms with Gasteiger partial charge in [-0.25, -0.2) is 0 Å². The van der Waals surface area contributed by atoms with E-state index in [0.717, 1.165) is 5.69 Å². The van der Waals surface area contributed by atoms with Gasteiger partial charge in [0.05, 0.1) is 0 Å². The minimum atomic E-state index is -0.745. The molecule has 0 amide bonds. The van der Waals surface area contributed by atoms with Crippen LogP contribution in [0.25, 0.3) is 0 Å². The second-order valence-corrected chi connectivity index (χ2v) is 2.08. The van der Waals surface area contributed by atoms with Gasteiger partial charge in [0.2, 0.25) is 0 Å². The minimum absolute atomic E-state index is 0. The van der Waals surface area contributed by atoms with Crippen molar-refractivity contribution in [3.8, 4) is 0 Å². The van der Waals surface area contributed by atoms with E-state index in [1.54, 1.807) is 31.2 Å². The largest absolute Gasteiger partial charge is 1.00 e. The van der Waals surface area contributed by atoms with Gasteiger partial charge < -0.3 is 10.8 Å². The van der Waals surface area contributed by atoms with Gasteiger partial charge in [0.1, 0.15) is 0 Å². The Balaban J connectivity index is 0. The second kappa shape index (κ2) is 9.58. The smallest absolute Gasteiger partial charge is 0.481 e. The van der Waals surface area contributed by atoms with Crippen LogP contribution in [0.4, 0.5) is 5.69 Å². The van der Waals surface area contributed by atoms with Crippen molar-refractivity contribution in [2.45, 2.75) is 13.3 Å². The van der Waals surface area contributed by atoms with E-state index in [0.29, 0.717) is 0 Å². The van der Waals surface area contributed by atoms with Crippen LogP contribution in [0.5, 0.6) is 0 Å². The Morgan fingerprint density at radius 3 is 2.08 bits per heavy atom. The molecule has 0 aliphatic heterocycles. The molecular formula is C9H12NNaO2. The van der Waals surface area contributed by atoms with Crippen LogP contribution in [0.1, 0.15) is 13.3 Å². The van der Waals surface area contributed by atoms with Crippen molar-refractivity contribution < 1.29 is 39.5 Å². The zero-order valence-electron chi connectivity index (χ0n) is 7.95. The predicted octanol–water partition coefficient (Wildman–Crippen LogP) is -1.45. The molecule has 0 aromatic heterocycles. The molecule has 0 bridgehead atoms. The zero-order valence-corrected chi connectivity index (χ0v) is 9.95. The third-order valence-corrected chi connectivity index (χ3v) is 1.05. The summed E-state index contributed by atoms with van der Waals surface area (Å²) < 4.78 is 0. The number of anilines is 1. The first kappa shape index (κ1) is 15.0. The van der Waals surface area contributed by atoms with Crippen LogP contribution in [0.3, 0.4) is 0 Å². The molecule has 1 rings (SSSR count). The minimum Gasteiger partial charge on any atom is -0.481 e. The molecule has 0 saturated heterocycles. The maximum Gasteiger partial charge on any atom is 1.00 e. The Morgan fingerprint density at radius 2 is 1.92 bits per heavy atom. The monoisotopic (exact) mass is 189 g/mol. The maximum atomic E-state index is 9.37. The van der Waals surface area contributed by atoms with Crippen molar-refractivity contribution >= 4 is 11.7 Å². The molecular weight excluding hydrogens is 177 g/mol. The fourth-order valence-corrected chi connectivity index (χ4v) is 0.400. The van der Waals surface area contributed by atoms with E-state index in [2.05, 4.69) is 6.07 Å². The molecule has 0 saturated carbocycles. The number of nitrogen functional groups attached to an aromatic ring is 1. The van der Waals surface area contributed by atoms with Gasteiger partial charge in [-0.15, -0.1) is 12.1 Å². The number of carboxylic acid groups (broad SMARTS) is 1. The topological polar surface area (TPSA) is 63.3 Å². The fourth-order valence-electron chi connectivity index (χ4n) is 0.400. The molecule has 1 aromatic rings. The number of aliphatic carboxylic acids is 1. The standard InChI is InChI=1S/C6H6N.C3H6O2.Na/c7-6-4-2-1-3-5-6;1-2-3(4)5;/h2-5H,7H2;2H2,1H3,(H,4,5);/q-1;;+1. The molecule has 13 heavy (non-hydrogen) atoms. The van der Waals surface area contributed by atoms with Crippen LogP contribution in [0.2, 0.25) is 0 Å². The summed E-state index contributed by atoms with van der Waals surface area (Å²) in [7, 11) is 0. The SMILES string of the molecule is CCC(=O)O.Nc1cc[c-]cc1.[Na+]. The average Bonchev–Trinajstić information content (AvgIpc) is 2.07. The molecule has 0 unspecified atom stereocenters. The molecule has 0 spiro atoms. The van der Waals surface area contributed by atoms with Gasteiger partial charge in [0, 0.05) is 6.42 Å². The zero-order chi connectivity index (χ0) is 9.40. The Labute approximate surface area is 100 Å². The number of hydrogen-bond donors (Lipinski definition) is 2. The summed E-state index contributed by atoms with van der Waals surface area (Å²) in [5, 5.41) is 7.72. The van der Waals surface area contributed by atoms with E-state index in [9.17, 15) is 4.79 Å². The average molecular weight is 189 g/mol. The van der Waals surface area contributed by atoms with Gasteiger partial charge in [0.15, 0.2) is 0 Å². The van der Waals surface area contributed by atoms with Crippen LogP contribution >= 0.6 is 0 Å². The van der Waals surface area contributed by atoms with Crippen molar-refractivity contribution in [3.05, 3.63) is 30.3 Å². The molecule has 4 heteroatoms. The van der Waals surface area contributed by atoms with Gasteiger partial charge in [-0.3, -0.25) is 4.79 Å². The molecule has 1 aromatic carbocycles.